The van der Waals surface area contributed by atoms with Gasteiger partial charge < -0.3 is 10.2 Å². The van der Waals surface area contributed by atoms with Crippen LogP contribution in [0.5, 0.6) is 0 Å². The summed E-state index contributed by atoms with van der Waals surface area (Å²) in [5, 5.41) is 3.25. The van der Waals surface area contributed by atoms with Gasteiger partial charge >= 0.3 is 0 Å². The number of aryl methyl sites for hydroxylation is 1. The maximum absolute atomic E-state index is 13.0. The van der Waals surface area contributed by atoms with Crippen LogP contribution in [0.2, 0.25) is 0 Å². The molecule has 0 saturated heterocycles. The lowest BCUT2D eigenvalue weighted by Crippen LogP contribution is -2.43. The molecule has 2 aromatic carbocycles. The molecule has 1 saturated carbocycles. The Labute approximate surface area is 183 Å². The van der Waals surface area contributed by atoms with E-state index in [0.717, 1.165) is 29.0 Å². The van der Waals surface area contributed by atoms with Crippen LogP contribution in [0.15, 0.2) is 47.4 Å². The molecule has 1 N–H and O–H groups in total. The van der Waals surface area contributed by atoms with Crippen LogP contribution in [-0.2, 0) is 11.3 Å². The van der Waals surface area contributed by atoms with E-state index in [1.165, 1.54) is 12.0 Å². The zero-order chi connectivity index (χ0) is 21.3. The second-order valence-corrected chi connectivity index (χ2v) is 9.80. The van der Waals surface area contributed by atoms with E-state index in [9.17, 15) is 9.59 Å². The van der Waals surface area contributed by atoms with Crippen molar-refractivity contribution in [1.29, 1.82) is 0 Å². The molecule has 2 amide bonds. The number of anilines is 1. The number of thioether (sulfide) groups is 1. The first-order valence-corrected chi connectivity index (χ1v) is 11.8. The van der Waals surface area contributed by atoms with Crippen LogP contribution < -0.4 is 10.2 Å². The molecule has 158 valence electrons. The average molecular weight is 423 g/mol. The highest BCUT2D eigenvalue weighted by Crippen LogP contribution is 2.37. The van der Waals surface area contributed by atoms with Gasteiger partial charge in [0.05, 0.1) is 18.0 Å². The third kappa shape index (κ3) is 4.41. The number of rotatable bonds is 4. The number of hydrogen-bond acceptors (Lipinski definition) is 3. The third-order valence-corrected chi connectivity index (χ3v) is 7.70. The second kappa shape index (κ2) is 8.84. The number of fused-ring (bicyclic) bond motifs is 1. The number of nitrogens with zero attached hydrogens (tertiary/aromatic N) is 1. The molecular weight excluding hydrogens is 392 g/mol. The molecule has 1 fully saturated rings. The molecule has 2 aromatic rings. The van der Waals surface area contributed by atoms with Crippen LogP contribution in [0, 0.1) is 18.8 Å². The predicted molar refractivity (Wildman–Crippen MR) is 123 cm³/mol. The Morgan fingerprint density at radius 1 is 1.13 bits per heavy atom. The van der Waals surface area contributed by atoms with Crippen molar-refractivity contribution in [3.05, 3.63) is 59.2 Å². The normalized spacial score (nSPS) is 23.8. The highest BCUT2D eigenvalue weighted by molar-refractivity contribution is 8.00. The van der Waals surface area contributed by atoms with Gasteiger partial charge in [0, 0.05) is 16.5 Å². The molecule has 1 heterocycles. The summed E-state index contributed by atoms with van der Waals surface area (Å²) in [4.78, 5) is 28.6. The summed E-state index contributed by atoms with van der Waals surface area (Å²) in [5.74, 6) is 1.59. The monoisotopic (exact) mass is 422 g/mol. The molecule has 0 unspecified atom stereocenters. The van der Waals surface area contributed by atoms with Crippen molar-refractivity contribution < 1.29 is 9.59 Å². The lowest BCUT2D eigenvalue weighted by molar-refractivity contribution is -0.116. The van der Waals surface area contributed by atoms with E-state index in [1.807, 2.05) is 23.1 Å². The van der Waals surface area contributed by atoms with Crippen molar-refractivity contribution in [2.24, 2.45) is 11.8 Å². The Balaban J connectivity index is 1.56. The van der Waals surface area contributed by atoms with Crippen molar-refractivity contribution >= 4 is 29.3 Å². The van der Waals surface area contributed by atoms with Gasteiger partial charge in [-0.25, -0.2) is 0 Å². The standard InChI is InChI=1S/C25H30N2O2S/c1-16-7-9-19(10-8-16)14-27-22-13-20(11-12-23(22)30-15-24(27)28)25(29)26-21-6-4-5-17(2)18(21)3/h7-13,17-18,21H,4-6,14-15H2,1-3H3,(H,26,29)/t17-,18+,21+/m1/s1. The van der Waals surface area contributed by atoms with Crippen molar-refractivity contribution in [1.82, 2.24) is 5.32 Å². The first-order chi connectivity index (χ1) is 14.4. The van der Waals surface area contributed by atoms with E-state index in [4.69, 9.17) is 0 Å². The van der Waals surface area contributed by atoms with Gasteiger partial charge in [-0.3, -0.25) is 9.59 Å². The summed E-state index contributed by atoms with van der Waals surface area (Å²) in [7, 11) is 0. The van der Waals surface area contributed by atoms with Crippen molar-refractivity contribution in [3.63, 3.8) is 0 Å². The molecule has 4 rings (SSSR count). The fraction of sp³-hybridized carbons (Fsp3) is 0.440. The van der Waals surface area contributed by atoms with E-state index in [-0.39, 0.29) is 17.9 Å². The first kappa shape index (κ1) is 21.0. The molecule has 0 aromatic heterocycles. The topological polar surface area (TPSA) is 49.4 Å². The quantitative estimate of drug-likeness (QED) is 0.738. The smallest absolute Gasteiger partial charge is 0.251 e. The van der Waals surface area contributed by atoms with Crippen molar-refractivity contribution in [3.8, 4) is 0 Å². The second-order valence-electron chi connectivity index (χ2n) is 8.78. The predicted octanol–water partition coefficient (Wildman–Crippen LogP) is 5.19. The van der Waals surface area contributed by atoms with Crippen LogP contribution in [-0.4, -0.2) is 23.6 Å². The van der Waals surface area contributed by atoms with Crippen LogP contribution in [0.1, 0.15) is 54.6 Å². The molecule has 3 atom stereocenters. The van der Waals surface area contributed by atoms with E-state index in [1.54, 1.807) is 11.8 Å². The maximum atomic E-state index is 13.0. The molecule has 0 radical (unpaired) electrons. The van der Waals surface area contributed by atoms with Crippen molar-refractivity contribution in [2.45, 2.75) is 57.5 Å². The number of benzene rings is 2. The summed E-state index contributed by atoms with van der Waals surface area (Å²) in [6, 6.07) is 14.2. The summed E-state index contributed by atoms with van der Waals surface area (Å²) in [5.41, 5.74) is 3.76. The summed E-state index contributed by atoms with van der Waals surface area (Å²) in [6.07, 6.45) is 3.44. The van der Waals surface area contributed by atoms with Crippen LogP contribution in [0.25, 0.3) is 0 Å². The Morgan fingerprint density at radius 2 is 1.90 bits per heavy atom. The lowest BCUT2D eigenvalue weighted by Gasteiger charge is -2.34. The number of amides is 2. The van der Waals surface area contributed by atoms with Crippen molar-refractivity contribution in [2.75, 3.05) is 10.7 Å². The Morgan fingerprint density at radius 3 is 2.67 bits per heavy atom. The SMILES string of the molecule is Cc1ccc(CN2C(=O)CSc3ccc(C(=O)N[C@H]4CCC[C@@H](C)[C@@H]4C)cc32)cc1. The minimum absolute atomic E-state index is 0.0398. The minimum Gasteiger partial charge on any atom is -0.349 e. The molecule has 30 heavy (non-hydrogen) atoms. The average Bonchev–Trinajstić information content (AvgIpc) is 2.74. The van der Waals surface area contributed by atoms with Crippen LogP contribution in [0.4, 0.5) is 5.69 Å². The van der Waals surface area contributed by atoms with Crippen LogP contribution in [0.3, 0.4) is 0 Å². The largest absolute Gasteiger partial charge is 0.349 e. The van der Waals surface area contributed by atoms with Gasteiger partial charge in [0.15, 0.2) is 0 Å². The van der Waals surface area contributed by atoms with E-state index in [0.29, 0.717) is 29.7 Å². The Kier molecular flexibility index (Phi) is 6.19. The highest BCUT2D eigenvalue weighted by Gasteiger charge is 2.30. The van der Waals surface area contributed by atoms with E-state index in [2.05, 4.69) is 50.4 Å². The number of carbonyl (C=O) groups excluding carboxylic acids is 2. The van der Waals surface area contributed by atoms with E-state index >= 15 is 0 Å². The van der Waals surface area contributed by atoms with Gasteiger partial charge in [-0.2, -0.15) is 0 Å². The molecular formula is C25H30N2O2S. The van der Waals surface area contributed by atoms with Crippen LogP contribution >= 0.6 is 11.8 Å². The van der Waals surface area contributed by atoms with E-state index < -0.39 is 0 Å². The molecule has 1 aliphatic carbocycles. The van der Waals surface area contributed by atoms with Gasteiger partial charge in [0.2, 0.25) is 5.91 Å². The van der Waals surface area contributed by atoms with Gasteiger partial charge in [-0.1, -0.05) is 56.5 Å². The molecule has 5 heteroatoms. The van der Waals surface area contributed by atoms with Gasteiger partial charge in [0.1, 0.15) is 0 Å². The zero-order valence-corrected chi connectivity index (χ0v) is 18.8. The third-order valence-electron chi connectivity index (χ3n) is 6.65. The Hall–Kier alpha value is -2.27. The summed E-state index contributed by atoms with van der Waals surface area (Å²) < 4.78 is 0. The molecule has 0 spiro atoms. The molecule has 1 aliphatic heterocycles. The number of hydrogen-bond donors (Lipinski definition) is 1. The fourth-order valence-electron chi connectivity index (χ4n) is 4.43. The molecule has 2 aliphatic rings. The first-order valence-electron chi connectivity index (χ1n) is 10.9. The maximum Gasteiger partial charge on any atom is 0.251 e. The number of carbonyl (C=O) groups is 2. The summed E-state index contributed by atoms with van der Waals surface area (Å²) in [6.45, 7) is 7.09. The minimum atomic E-state index is -0.0398. The zero-order valence-electron chi connectivity index (χ0n) is 18.0. The lowest BCUT2D eigenvalue weighted by atomic mass is 9.78. The summed E-state index contributed by atoms with van der Waals surface area (Å²) >= 11 is 1.55. The van der Waals surface area contributed by atoms with Gasteiger partial charge in [-0.15, -0.1) is 11.8 Å². The van der Waals surface area contributed by atoms with Gasteiger partial charge in [0.25, 0.3) is 5.91 Å². The fourth-order valence-corrected chi connectivity index (χ4v) is 5.35. The number of nitrogens with one attached hydrogen (secondary N) is 1. The van der Waals surface area contributed by atoms with Gasteiger partial charge in [-0.05, 0) is 48.9 Å². The molecule has 0 bridgehead atoms. The molecule has 4 nitrogen and oxygen atoms in total. The highest BCUT2D eigenvalue weighted by atomic mass is 32.2. The Bertz CT molecular complexity index is 941.